The molecule has 4 radical (unpaired) electrons. The zero-order chi connectivity index (χ0) is 13.7. The average molecular weight is 613 g/mol. The Morgan fingerprint density at radius 3 is 1.83 bits per heavy atom. The molecule has 0 N–H and O–H groups in total. The third-order valence-electron chi connectivity index (χ3n) is 3.97. The summed E-state index contributed by atoms with van der Waals surface area (Å²) in [5.41, 5.74) is 3.28. The molecule has 1 saturated carbocycles. The fourth-order valence-corrected chi connectivity index (χ4v) is 2.94. The molecule has 2 aromatic heterocycles. The minimum absolute atomic E-state index is 0. The van der Waals surface area contributed by atoms with Crippen molar-refractivity contribution in [2.24, 2.45) is 0 Å². The predicted octanol–water partition coefficient (Wildman–Crippen LogP) is -1.55. The van der Waals surface area contributed by atoms with Gasteiger partial charge in [-0.25, -0.2) is 5.56 Å². The van der Waals surface area contributed by atoms with Crippen LogP contribution in [0.15, 0.2) is 0 Å². The van der Waals surface area contributed by atoms with Crippen molar-refractivity contribution in [3.05, 3.63) is 34.4 Å². The standard InChI is InChI=1S/C13H13N4O2.4Y/c1-5-8(4-14-15-5)10-12(18)11(13(10)19)9-6(2)16-17-7(9)3;;;;/h10-13H,1-3H3;;;;/q-5;;;;. The Morgan fingerprint density at radius 2 is 1.43 bits per heavy atom. The number of hydrogen-bond donors (Lipinski definition) is 0. The van der Waals surface area contributed by atoms with Crippen molar-refractivity contribution in [3.63, 3.8) is 0 Å². The van der Waals surface area contributed by atoms with Gasteiger partial charge in [-0.2, -0.15) is 6.20 Å². The molecule has 0 spiro atoms. The number of rotatable bonds is 2. The molecule has 1 fully saturated rings. The van der Waals surface area contributed by atoms with Crippen LogP contribution in [0.25, 0.3) is 0 Å². The molecule has 2 atom stereocenters. The summed E-state index contributed by atoms with van der Waals surface area (Å²) in [5.74, 6) is -1.17. The Hall–Kier alpha value is 2.76. The Bertz CT molecular complexity index is 589. The van der Waals surface area contributed by atoms with Crippen LogP contribution in [0, 0.1) is 27.0 Å². The molecule has 2 unspecified atom stereocenters. The molecular formula is C13H13N4O2Y4-5. The number of nitrogens with zero attached hydrogens (tertiary/aromatic N) is 4. The van der Waals surface area contributed by atoms with Gasteiger partial charge in [0.1, 0.15) is 0 Å². The molecule has 0 aromatic carbocycles. The van der Waals surface area contributed by atoms with Crippen molar-refractivity contribution in [1.29, 1.82) is 0 Å². The predicted molar refractivity (Wildman–Crippen MR) is 61.2 cm³/mol. The third kappa shape index (κ3) is 5.18. The summed E-state index contributed by atoms with van der Waals surface area (Å²) in [6.07, 6.45) is 0.684. The van der Waals surface area contributed by atoms with Gasteiger partial charge in [0.25, 0.3) is 0 Å². The van der Waals surface area contributed by atoms with E-state index in [-0.39, 0.29) is 131 Å². The Kier molecular flexibility index (Phi) is 14.1. The van der Waals surface area contributed by atoms with E-state index in [9.17, 15) is 10.2 Å². The van der Waals surface area contributed by atoms with Gasteiger partial charge < -0.3 is 36.3 Å². The van der Waals surface area contributed by atoms with E-state index in [2.05, 4.69) is 26.6 Å². The maximum Gasteiger partial charge on any atom is 0.0165 e. The first-order valence-corrected chi connectivity index (χ1v) is 6.18. The van der Waals surface area contributed by atoms with Crippen LogP contribution in [0.2, 0.25) is 0 Å². The van der Waals surface area contributed by atoms with Crippen LogP contribution >= 0.6 is 0 Å². The monoisotopic (exact) mass is 613 g/mol. The van der Waals surface area contributed by atoms with Crippen LogP contribution in [-0.2, 0) is 131 Å². The van der Waals surface area contributed by atoms with Crippen molar-refractivity contribution < 1.29 is 141 Å². The Balaban J connectivity index is 0. The number of aryl methyl sites for hydroxylation is 3. The van der Waals surface area contributed by atoms with E-state index in [1.165, 1.54) is 0 Å². The topological polar surface area (TPSA) is 100 Å². The molecule has 3 rings (SSSR count). The van der Waals surface area contributed by atoms with Gasteiger partial charge in [-0.1, -0.05) is 12.8 Å². The van der Waals surface area contributed by atoms with Gasteiger partial charge in [-0.05, 0) is 18.4 Å². The molecule has 0 bridgehead atoms. The van der Waals surface area contributed by atoms with Crippen LogP contribution < -0.4 is 20.4 Å². The summed E-state index contributed by atoms with van der Waals surface area (Å²) in [7, 11) is 0. The van der Waals surface area contributed by atoms with E-state index in [4.69, 9.17) is 0 Å². The maximum atomic E-state index is 12.4. The van der Waals surface area contributed by atoms with Crippen LogP contribution in [0.1, 0.15) is 40.0 Å². The second kappa shape index (κ2) is 11.6. The quantitative estimate of drug-likeness (QED) is 0.381. The van der Waals surface area contributed by atoms with Gasteiger partial charge in [-0.3, -0.25) is 0 Å². The Labute approximate surface area is 236 Å². The average Bonchev–Trinajstić information content (AvgIpc) is 2.91. The molecule has 23 heavy (non-hydrogen) atoms. The van der Waals surface area contributed by atoms with E-state index < -0.39 is 24.0 Å². The van der Waals surface area contributed by atoms with Crippen molar-refractivity contribution in [2.75, 3.05) is 0 Å². The van der Waals surface area contributed by atoms with Crippen LogP contribution in [-0.4, -0.2) is 22.4 Å². The zero-order valence-corrected chi connectivity index (χ0v) is 24.6. The fraction of sp³-hybridized carbons (Fsp3) is 0.538. The van der Waals surface area contributed by atoms with Gasteiger partial charge in [0, 0.05) is 137 Å². The van der Waals surface area contributed by atoms with Gasteiger partial charge in [0.2, 0.25) is 0 Å². The minimum Gasteiger partial charge on any atom is -0.851 e. The molecule has 1 aliphatic rings. The van der Waals surface area contributed by atoms with Crippen molar-refractivity contribution in [1.82, 2.24) is 20.4 Å². The normalized spacial score (nSPS) is 25.1. The molecule has 6 nitrogen and oxygen atoms in total. The van der Waals surface area contributed by atoms with Crippen molar-refractivity contribution in [2.45, 2.75) is 44.8 Å². The summed E-state index contributed by atoms with van der Waals surface area (Å²) in [5, 5.41) is 40.1. The van der Waals surface area contributed by atoms with E-state index in [1.807, 2.05) is 0 Å². The smallest absolute Gasteiger partial charge is 0.0165 e. The summed E-state index contributed by atoms with van der Waals surface area (Å²) in [4.78, 5) is 0. The summed E-state index contributed by atoms with van der Waals surface area (Å²) >= 11 is 0. The summed E-state index contributed by atoms with van der Waals surface area (Å²) in [6.45, 7) is 5.31. The van der Waals surface area contributed by atoms with E-state index in [0.717, 1.165) is 5.56 Å². The van der Waals surface area contributed by atoms with Crippen LogP contribution in [0.5, 0.6) is 0 Å². The van der Waals surface area contributed by atoms with Crippen LogP contribution in [0.4, 0.5) is 0 Å². The number of aromatic nitrogens is 4. The van der Waals surface area contributed by atoms with E-state index >= 15 is 0 Å². The van der Waals surface area contributed by atoms with Gasteiger partial charge in [-0.15, -0.1) is 24.8 Å². The van der Waals surface area contributed by atoms with Crippen molar-refractivity contribution in [3.8, 4) is 0 Å². The molecule has 1 aliphatic carbocycles. The summed E-state index contributed by atoms with van der Waals surface area (Å²) < 4.78 is 0. The zero-order valence-electron chi connectivity index (χ0n) is 13.2. The molecule has 2 heterocycles. The van der Waals surface area contributed by atoms with E-state index in [1.54, 1.807) is 20.8 Å². The molecule has 0 saturated heterocycles. The molecule has 0 amide bonds. The molecule has 0 aliphatic heterocycles. The van der Waals surface area contributed by atoms with Gasteiger partial charge in [0.05, 0.1) is 0 Å². The molecule has 10 heteroatoms. The second-order valence-electron chi connectivity index (χ2n) is 5.08. The summed E-state index contributed by atoms with van der Waals surface area (Å²) in [6, 6.07) is 0. The SMILES string of the molecule is Cc1n[n-]c(C)c1C1C([O-])C(c2[c-]n[n-]c2C)C1[O-].[Y].[Y].[Y].[Y]. The largest absolute Gasteiger partial charge is 0.851 e. The van der Waals surface area contributed by atoms with Crippen LogP contribution in [0.3, 0.4) is 0 Å². The van der Waals surface area contributed by atoms with Gasteiger partial charge >= 0.3 is 0 Å². The van der Waals surface area contributed by atoms with E-state index in [0.29, 0.717) is 22.6 Å². The van der Waals surface area contributed by atoms with Gasteiger partial charge in [0.15, 0.2) is 0 Å². The first-order chi connectivity index (χ1) is 9.02. The molecule has 114 valence electrons. The first-order valence-electron chi connectivity index (χ1n) is 6.18. The Morgan fingerprint density at radius 1 is 0.870 bits per heavy atom. The first kappa shape index (κ1) is 28.0. The second-order valence-corrected chi connectivity index (χ2v) is 5.08. The minimum atomic E-state index is -0.994. The third-order valence-corrected chi connectivity index (χ3v) is 3.97. The van der Waals surface area contributed by atoms with Crippen molar-refractivity contribution >= 4 is 0 Å². The molecular weight excluding hydrogens is 600 g/mol. The maximum absolute atomic E-state index is 12.4. The number of hydrogen-bond acceptors (Lipinski definition) is 4. The molecule has 2 aromatic rings. The fourth-order valence-electron chi connectivity index (χ4n) is 2.94.